The normalized spacial score (nSPS) is 11.7. The monoisotopic (exact) mass is 1850 g/mol. The molecule has 0 aliphatic carbocycles. The molecule has 2 heterocycles. The Morgan fingerprint density at radius 3 is 0.984 bits per heavy atom. The van der Waals surface area contributed by atoms with Crippen molar-refractivity contribution in [2.75, 3.05) is 204 Å². The molecule has 0 aromatic rings. The van der Waals surface area contributed by atoms with E-state index in [0.717, 1.165) is 138 Å². The van der Waals surface area contributed by atoms with Crippen LogP contribution in [0.15, 0.2) is 85.1 Å². The molecule has 0 spiro atoms. The molecular formula is C78H110N8O43. The third-order valence-corrected chi connectivity index (χ3v) is 14.0. The first-order chi connectivity index (χ1) is 61.0. The number of Topliss-reactive ketones (excluding diaryl/α,β-unsaturated/α-hetero) is 1. The molecular weight excluding hydrogens is 1740 g/mol. The van der Waals surface area contributed by atoms with Crippen LogP contribution in [0.3, 0.4) is 0 Å². The molecule has 2 rings (SSSR count). The number of methoxy groups -OCH3 is 11. The lowest BCUT2D eigenvalue weighted by atomic mass is 10.1. The highest BCUT2D eigenvalue weighted by Gasteiger charge is 2.27. The number of nitrogens with zero attached hydrogens (tertiary/aromatic N) is 4. The summed E-state index contributed by atoms with van der Waals surface area (Å²) in [5, 5.41) is 9.02. The molecule has 2 aliphatic rings. The lowest BCUT2D eigenvalue weighted by Crippen LogP contribution is -2.39. The second-order valence-electron chi connectivity index (χ2n) is 23.9. The molecule has 0 radical (unpaired) electrons. The number of esters is 15. The maximum absolute atomic E-state index is 11.9. The van der Waals surface area contributed by atoms with Gasteiger partial charge in [-0.05, 0) is 53.6 Å². The lowest BCUT2D eigenvalue weighted by Gasteiger charge is -2.26. The topological polar surface area (TPSA) is 654 Å². The molecule has 0 saturated carbocycles. The van der Waals surface area contributed by atoms with Crippen LogP contribution in [0.1, 0.15) is 52.4 Å². The van der Waals surface area contributed by atoms with Crippen molar-refractivity contribution >= 4 is 149 Å². The standard InChI is InChI=1S/C13H21NO7.C12H17NO5.C11H18N2O5.C11H15NO7.C11H13NO6.C11H15NO6.C9H11NO7/c1-18-8-6-14(7-9-19-2)11(15)10-21-13(17)5-4-12(16)20-3;1-17-11(15)5-6-12(16)18-9-10(14)13-7-3-2-4-8-13;1-13(2)7-6-12-9(14)8-18-11(16)5-4-10(15)17-3;1-17-9(14)3-4-11(16)19-7-8(13)12-6-5-10(15)18-2;1-17-10(15)4-5-11(16)18-7-9(14)12-6-2-3-8(12)13;1-7(8(2)13)12-9(14)6-18-11(16)5-4-10(15)17-3;1-15-7(12)3-4-8(13)17-5-6(11)10-9(14)16-2/h4-5H,6-10H2,1-3H3;5-6H,2-4,7-9H2,1H3;4-5H,6-8H2,1-3H3,(H,12,14);3-4H,5-7H2,1-2H3,(H,12,13);4-5H,2-3,6-7H2,1H3;4-5,7H,6H2,1-3H3,(H,12,14);3-4H,5H2,1-2H3,(H,10,11,14)/b5-4+;6-5+;5-4+;4-3+;2*5-4+;4-3+. The quantitative estimate of drug-likeness (QED) is 0.0254. The van der Waals surface area contributed by atoms with Crippen molar-refractivity contribution in [3.63, 3.8) is 0 Å². The van der Waals surface area contributed by atoms with Gasteiger partial charge < -0.3 is 116 Å². The summed E-state index contributed by atoms with van der Waals surface area (Å²) in [5.74, 6) is -15.1. The first-order valence-corrected chi connectivity index (χ1v) is 37.3. The van der Waals surface area contributed by atoms with Gasteiger partial charge in [-0.2, -0.15) is 0 Å². The number of imide groups is 2. The minimum atomic E-state index is -0.962. The summed E-state index contributed by atoms with van der Waals surface area (Å²) in [6, 6.07) is -0.637. The van der Waals surface area contributed by atoms with Crippen LogP contribution in [-0.4, -0.2) is 378 Å². The van der Waals surface area contributed by atoms with E-state index in [0.29, 0.717) is 71.9 Å². The Kier molecular flexibility index (Phi) is 75.3. The Morgan fingerprint density at radius 2 is 0.674 bits per heavy atom. The molecule has 9 amide bonds. The predicted octanol–water partition coefficient (Wildman–Crippen LogP) is -4.57. The average Bonchev–Trinajstić information content (AvgIpc) is 1.75. The first kappa shape index (κ1) is 123. The highest BCUT2D eigenvalue weighted by atomic mass is 16.6. The van der Waals surface area contributed by atoms with E-state index in [1.54, 1.807) is 10.2 Å². The number of ketones is 1. The molecule has 0 aromatic carbocycles. The zero-order valence-corrected chi connectivity index (χ0v) is 73.8. The number of nitrogens with one attached hydrogen (secondary N) is 4. The molecule has 0 bridgehead atoms. The molecule has 51 heteroatoms. The Balaban J connectivity index is -0.000000464. The number of hydrogen-bond donors (Lipinski definition) is 4. The zero-order chi connectivity index (χ0) is 99.0. The number of hydrogen-bond acceptors (Lipinski definition) is 44. The summed E-state index contributed by atoms with van der Waals surface area (Å²) in [4.78, 5) is 281. The minimum Gasteiger partial charge on any atom is -0.469 e. The van der Waals surface area contributed by atoms with Crippen molar-refractivity contribution < 1.29 is 205 Å². The van der Waals surface area contributed by atoms with Crippen LogP contribution in [-0.2, 0) is 200 Å². The van der Waals surface area contributed by atoms with Gasteiger partial charge in [-0.1, -0.05) is 0 Å². The lowest BCUT2D eigenvalue weighted by molar-refractivity contribution is -0.152. The molecule has 4 N–H and O–H groups in total. The van der Waals surface area contributed by atoms with Gasteiger partial charge in [0, 0.05) is 158 Å². The SMILES string of the molecule is COC(=O)/C=C/C(=O)OCC(=O)N1CCCC1=O.COC(=O)/C=C/C(=O)OCC(=O)N1CCCCC1.COC(=O)/C=C/C(=O)OCC(=O)NC(=O)OC.COC(=O)/C=C/C(=O)OCC(=O)NC(C)C(C)=O.COC(=O)/C=C/C(=O)OCC(=O)NCCC(=O)OC.COC(=O)/C=C/C(=O)OCC(=O)NCCN(C)C.COCCN(CCOC)C(=O)COC(=O)/C=C/C(=O)OC. The van der Waals surface area contributed by atoms with E-state index in [9.17, 15) is 120 Å². The second-order valence-corrected chi connectivity index (χ2v) is 23.9. The third kappa shape index (κ3) is 76.6. The van der Waals surface area contributed by atoms with Gasteiger partial charge >= 0.3 is 95.6 Å². The van der Waals surface area contributed by atoms with E-state index in [1.807, 2.05) is 19.0 Å². The van der Waals surface area contributed by atoms with Crippen LogP contribution < -0.4 is 21.3 Å². The number of piperidine rings is 1. The number of amides is 9. The third-order valence-electron chi connectivity index (χ3n) is 14.0. The van der Waals surface area contributed by atoms with Gasteiger partial charge in [-0.15, -0.1) is 0 Å². The van der Waals surface area contributed by atoms with E-state index in [4.69, 9.17) is 18.9 Å². The molecule has 2 fully saturated rings. The average molecular weight is 1850 g/mol. The molecule has 2 aliphatic heterocycles. The van der Waals surface area contributed by atoms with Gasteiger partial charge in [-0.25, -0.2) is 71.9 Å². The van der Waals surface area contributed by atoms with Crippen LogP contribution in [0.2, 0.25) is 0 Å². The van der Waals surface area contributed by atoms with E-state index in [1.165, 1.54) is 68.5 Å². The van der Waals surface area contributed by atoms with Gasteiger partial charge in [-0.3, -0.25) is 58.2 Å². The molecule has 2 saturated heterocycles. The Labute approximate surface area is 739 Å². The Morgan fingerprint density at radius 1 is 0.357 bits per heavy atom. The van der Waals surface area contributed by atoms with Crippen molar-refractivity contribution in [1.82, 2.24) is 40.9 Å². The fourth-order valence-electron chi connectivity index (χ4n) is 7.30. The fourth-order valence-corrected chi connectivity index (χ4v) is 7.30. The summed E-state index contributed by atoms with van der Waals surface area (Å²) >= 11 is 0. The Bertz CT molecular complexity index is 3900. The molecule has 129 heavy (non-hydrogen) atoms. The summed E-state index contributed by atoms with van der Waals surface area (Å²) in [6.07, 6.45) is 15.4. The Hall–Kier alpha value is -14.8. The summed E-state index contributed by atoms with van der Waals surface area (Å²) in [7, 11) is 17.3. The van der Waals surface area contributed by atoms with Gasteiger partial charge in [0.25, 0.3) is 41.4 Å². The summed E-state index contributed by atoms with van der Waals surface area (Å²) in [6.45, 7) is 4.05. The van der Waals surface area contributed by atoms with Crippen molar-refractivity contribution in [1.29, 1.82) is 0 Å². The van der Waals surface area contributed by atoms with Crippen molar-refractivity contribution in [2.45, 2.75) is 58.4 Å². The van der Waals surface area contributed by atoms with Crippen molar-refractivity contribution in [3.05, 3.63) is 85.1 Å². The fraction of sp³-hybridized carbons (Fsp3) is 0.500. The highest BCUT2D eigenvalue weighted by molar-refractivity contribution is 6.00. The smallest absolute Gasteiger partial charge is 0.413 e. The largest absolute Gasteiger partial charge is 0.469 e. The number of ether oxygens (including phenoxy) is 18. The van der Waals surface area contributed by atoms with Crippen molar-refractivity contribution in [2.24, 2.45) is 0 Å². The number of carbonyl (C=O) groups is 25. The van der Waals surface area contributed by atoms with Crippen LogP contribution in [0, 0.1) is 0 Å². The maximum Gasteiger partial charge on any atom is 0.413 e. The van der Waals surface area contributed by atoms with Gasteiger partial charge in [0.1, 0.15) is 0 Å². The highest BCUT2D eigenvalue weighted by Crippen LogP contribution is 2.11. The van der Waals surface area contributed by atoms with Crippen LogP contribution in [0.5, 0.6) is 0 Å². The number of rotatable bonds is 42. The van der Waals surface area contributed by atoms with E-state index < -0.39 is 164 Å². The van der Waals surface area contributed by atoms with Crippen LogP contribution in [0.25, 0.3) is 0 Å². The van der Waals surface area contributed by atoms with Gasteiger partial charge in [0.2, 0.25) is 5.91 Å². The number of likely N-dealkylation sites (tertiary alicyclic amines) is 2. The van der Waals surface area contributed by atoms with E-state index in [-0.39, 0.29) is 49.7 Å². The first-order valence-electron chi connectivity index (χ1n) is 37.3. The molecule has 1 unspecified atom stereocenters. The van der Waals surface area contributed by atoms with Gasteiger partial charge in [0.15, 0.2) is 52.0 Å². The summed E-state index contributed by atoms with van der Waals surface area (Å²) in [5.41, 5.74) is 0. The maximum atomic E-state index is 11.9. The number of carbonyl (C=O) groups excluding carboxylic acids is 25. The molecule has 0 aromatic heterocycles. The zero-order valence-electron chi connectivity index (χ0n) is 73.8. The predicted molar refractivity (Wildman–Crippen MR) is 432 cm³/mol. The molecule has 720 valence electrons. The van der Waals surface area contributed by atoms with E-state index in [2.05, 4.69) is 82.3 Å². The summed E-state index contributed by atoms with van der Waals surface area (Å²) < 4.78 is 80.3. The van der Waals surface area contributed by atoms with Gasteiger partial charge in [0.05, 0.1) is 89.7 Å². The second kappa shape index (κ2) is 79.1. The van der Waals surface area contributed by atoms with Crippen molar-refractivity contribution in [3.8, 4) is 0 Å². The molecule has 51 nitrogen and oxygen atoms in total. The number of alkyl carbamates (subject to hydrolysis) is 1. The van der Waals surface area contributed by atoms with E-state index >= 15 is 0 Å². The van der Waals surface area contributed by atoms with Crippen LogP contribution >= 0.6 is 0 Å². The van der Waals surface area contributed by atoms with Crippen LogP contribution in [0.4, 0.5) is 4.79 Å². The minimum absolute atomic E-state index is 0.0262. The number of likely N-dealkylation sites (N-methyl/N-ethyl adjacent to an activating group) is 1. The molecule has 1 atom stereocenters.